The number of piperazine rings is 1. The molecule has 1 saturated heterocycles. The maximum Gasteiger partial charge on any atom is 0.269 e. The van der Waals surface area contributed by atoms with Gasteiger partial charge in [0.15, 0.2) is 5.82 Å². The maximum absolute atomic E-state index is 11.0. The second-order valence-electron chi connectivity index (χ2n) is 9.09. The highest BCUT2D eigenvalue weighted by Crippen LogP contribution is 2.33. The van der Waals surface area contributed by atoms with Gasteiger partial charge in [-0.1, -0.05) is 19.1 Å². The second-order valence-corrected chi connectivity index (χ2v) is 9.09. The third-order valence-electron chi connectivity index (χ3n) is 6.71. The Kier molecular flexibility index (Phi) is 6.78. The lowest BCUT2D eigenvalue weighted by Gasteiger charge is -2.40. The molecule has 0 spiro atoms. The van der Waals surface area contributed by atoms with Gasteiger partial charge in [0.2, 0.25) is 0 Å². The van der Waals surface area contributed by atoms with Crippen LogP contribution in [-0.4, -0.2) is 63.3 Å². The van der Waals surface area contributed by atoms with Gasteiger partial charge < -0.3 is 9.64 Å². The molecule has 0 radical (unpaired) electrons. The first-order valence-electron chi connectivity index (χ1n) is 11.5. The van der Waals surface area contributed by atoms with Crippen molar-refractivity contribution >= 4 is 11.4 Å². The van der Waals surface area contributed by atoms with E-state index >= 15 is 0 Å². The lowest BCUT2D eigenvalue weighted by molar-refractivity contribution is -0.384. The van der Waals surface area contributed by atoms with Gasteiger partial charge in [-0.05, 0) is 60.5 Å². The first kappa shape index (κ1) is 23.6. The summed E-state index contributed by atoms with van der Waals surface area (Å²) in [7, 11) is 1.66. The molecule has 1 aromatic heterocycles. The van der Waals surface area contributed by atoms with Crippen molar-refractivity contribution in [2.24, 2.45) is 0 Å². The predicted molar refractivity (Wildman–Crippen MR) is 129 cm³/mol. The zero-order chi connectivity index (χ0) is 24.3. The van der Waals surface area contributed by atoms with Crippen LogP contribution in [-0.2, 0) is 5.54 Å². The molecule has 4 rings (SSSR count). The first-order valence-corrected chi connectivity index (χ1v) is 11.5. The molecule has 10 nitrogen and oxygen atoms in total. The average Bonchev–Trinajstić information content (AvgIpc) is 3.35. The van der Waals surface area contributed by atoms with E-state index in [1.807, 2.05) is 28.9 Å². The third-order valence-corrected chi connectivity index (χ3v) is 6.71. The smallest absolute Gasteiger partial charge is 0.269 e. The van der Waals surface area contributed by atoms with Gasteiger partial charge in [-0.25, -0.2) is 4.68 Å². The number of nitro groups is 1. The number of ether oxygens (including phenoxy) is 1. The minimum atomic E-state index is -0.372. The van der Waals surface area contributed by atoms with E-state index < -0.39 is 0 Å². The largest absolute Gasteiger partial charge is 0.497 e. The van der Waals surface area contributed by atoms with Crippen molar-refractivity contribution < 1.29 is 9.66 Å². The monoisotopic (exact) mass is 465 g/mol. The van der Waals surface area contributed by atoms with E-state index in [-0.39, 0.29) is 22.2 Å². The molecule has 0 aliphatic carbocycles. The molecule has 1 fully saturated rings. The first-order chi connectivity index (χ1) is 16.3. The van der Waals surface area contributed by atoms with Crippen molar-refractivity contribution in [2.45, 2.75) is 38.8 Å². The van der Waals surface area contributed by atoms with Crippen LogP contribution >= 0.6 is 0 Å². The van der Waals surface area contributed by atoms with Crippen LogP contribution < -0.4 is 9.64 Å². The van der Waals surface area contributed by atoms with Crippen LogP contribution in [0, 0.1) is 10.1 Å². The van der Waals surface area contributed by atoms with Crippen LogP contribution in [0.5, 0.6) is 5.75 Å². The van der Waals surface area contributed by atoms with E-state index in [1.165, 1.54) is 0 Å². The summed E-state index contributed by atoms with van der Waals surface area (Å²) < 4.78 is 7.31. The average molecular weight is 466 g/mol. The Hall–Kier alpha value is -3.53. The fraction of sp³-hybridized carbons (Fsp3) is 0.458. The Balaban J connectivity index is 1.61. The Labute approximate surface area is 199 Å². The van der Waals surface area contributed by atoms with Crippen molar-refractivity contribution in [3.8, 4) is 5.75 Å². The number of benzene rings is 2. The summed E-state index contributed by atoms with van der Waals surface area (Å²) in [6.45, 7) is 9.61. The molecule has 2 aromatic carbocycles. The van der Waals surface area contributed by atoms with E-state index in [0.717, 1.165) is 55.4 Å². The topological polar surface area (TPSA) is 102 Å². The summed E-state index contributed by atoms with van der Waals surface area (Å²) in [6, 6.07) is 14.7. The molecule has 0 unspecified atom stereocenters. The van der Waals surface area contributed by atoms with E-state index in [1.54, 1.807) is 19.2 Å². The zero-order valence-electron chi connectivity index (χ0n) is 20.1. The molecule has 34 heavy (non-hydrogen) atoms. The normalized spacial score (nSPS) is 15.8. The van der Waals surface area contributed by atoms with Gasteiger partial charge in [-0.2, -0.15) is 0 Å². The number of nitrogens with zero attached hydrogens (tertiary/aromatic N) is 7. The number of aromatic nitrogens is 4. The highest BCUT2D eigenvalue weighted by atomic mass is 16.6. The molecule has 0 bridgehead atoms. The van der Waals surface area contributed by atoms with Gasteiger partial charge in [0.05, 0.1) is 23.6 Å². The van der Waals surface area contributed by atoms with Gasteiger partial charge >= 0.3 is 0 Å². The van der Waals surface area contributed by atoms with Gasteiger partial charge in [0.1, 0.15) is 5.75 Å². The van der Waals surface area contributed by atoms with Gasteiger partial charge in [-0.15, -0.1) is 5.10 Å². The standard InChI is InChI=1S/C24H31N7O3/c1-5-24(2,3)30-23(25-26-27-30)22(18-6-12-21(34-4)13-7-18)29-16-14-28(15-17-29)19-8-10-20(11-9-19)31(32)33/h6-13,22H,5,14-17H2,1-4H3/t22-/m1/s1. The van der Waals surface area contributed by atoms with Crippen LogP contribution in [0.4, 0.5) is 11.4 Å². The van der Waals surface area contributed by atoms with Crippen molar-refractivity contribution in [1.29, 1.82) is 0 Å². The number of hydrogen-bond donors (Lipinski definition) is 0. The Morgan fingerprint density at radius 1 is 1.06 bits per heavy atom. The van der Waals surface area contributed by atoms with E-state index in [0.29, 0.717) is 0 Å². The molecule has 0 amide bonds. The van der Waals surface area contributed by atoms with E-state index in [9.17, 15) is 10.1 Å². The zero-order valence-corrected chi connectivity index (χ0v) is 20.1. The van der Waals surface area contributed by atoms with Crippen molar-refractivity contribution in [3.05, 3.63) is 70.0 Å². The van der Waals surface area contributed by atoms with E-state index in [4.69, 9.17) is 4.74 Å². The van der Waals surface area contributed by atoms with Gasteiger partial charge in [0, 0.05) is 44.0 Å². The quantitative estimate of drug-likeness (QED) is 0.367. The van der Waals surface area contributed by atoms with Crippen LogP contribution in [0.15, 0.2) is 48.5 Å². The Morgan fingerprint density at radius 3 is 2.26 bits per heavy atom. The molecule has 1 atom stereocenters. The van der Waals surface area contributed by atoms with Crippen molar-refractivity contribution in [3.63, 3.8) is 0 Å². The summed E-state index contributed by atoms with van der Waals surface area (Å²) in [5.74, 6) is 1.62. The SMILES string of the molecule is CCC(C)(C)n1nnnc1[C@@H](c1ccc(OC)cc1)N1CCN(c2ccc([N+](=O)[O-])cc2)CC1. The molecule has 3 aromatic rings. The molecule has 0 N–H and O–H groups in total. The Morgan fingerprint density at radius 2 is 1.71 bits per heavy atom. The summed E-state index contributed by atoms with van der Waals surface area (Å²) in [6.07, 6.45) is 0.897. The van der Waals surface area contributed by atoms with Crippen LogP contribution in [0.3, 0.4) is 0 Å². The molecular weight excluding hydrogens is 434 g/mol. The molecule has 1 aliphatic heterocycles. The number of rotatable bonds is 8. The highest BCUT2D eigenvalue weighted by Gasteiger charge is 2.34. The molecule has 180 valence electrons. The number of hydrogen-bond acceptors (Lipinski definition) is 8. The van der Waals surface area contributed by atoms with Gasteiger partial charge in [0.25, 0.3) is 5.69 Å². The third kappa shape index (κ3) is 4.72. The predicted octanol–water partition coefficient (Wildman–Crippen LogP) is 3.65. The number of tetrazole rings is 1. The highest BCUT2D eigenvalue weighted by molar-refractivity contribution is 5.51. The summed E-state index contributed by atoms with van der Waals surface area (Å²) in [5, 5.41) is 23.9. The number of non-ortho nitro benzene ring substituents is 1. The minimum absolute atomic E-state index is 0.104. The lowest BCUT2D eigenvalue weighted by Crippen LogP contribution is -2.48. The molecule has 0 saturated carbocycles. The molecule has 1 aliphatic rings. The Bertz CT molecular complexity index is 1100. The molecular formula is C24H31N7O3. The lowest BCUT2D eigenvalue weighted by atomic mass is 9.99. The molecule has 10 heteroatoms. The van der Waals surface area contributed by atoms with Crippen LogP contribution in [0.25, 0.3) is 0 Å². The fourth-order valence-corrected chi connectivity index (χ4v) is 4.28. The van der Waals surface area contributed by atoms with Crippen LogP contribution in [0.2, 0.25) is 0 Å². The van der Waals surface area contributed by atoms with Gasteiger partial charge in [-0.3, -0.25) is 15.0 Å². The maximum atomic E-state index is 11.0. The molecule has 2 heterocycles. The van der Waals surface area contributed by atoms with Crippen LogP contribution in [0.1, 0.15) is 44.6 Å². The number of anilines is 1. The van der Waals surface area contributed by atoms with E-state index in [2.05, 4.69) is 58.2 Å². The number of nitro benzene ring substituents is 1. The number of methoxy groups -OCH3 is 1. The summed E-state index contributed by atoms with van der Waals surface area (Å²) in [4.78, 5) is 15.3. The van der Waals surface area contributed by atoms with Crippen molar-refractivity contribution in [2.75, 3.05) is 38.2 Å². The summed E-state index contributed by atoms with van der Waals surface area (Å²) >= 11 is 0. The summed E-state index contributed by atoms with van der Waals surface area (Å²) in [5.41, 5.74) is 1.98. The van der Waals surface area contributed by atoms with Crippen molar-refractivity contribution in [1.82, 2.24) is 25.1 Å². The minimum Gasteiger partial charge on any atom is -0.497 e. The second kappa shape index (κ2) is 9.76. The fourth-order valence-electron chi connectivity index (χ4n) is 4.28.